The van der Waals surface area contributed by atoms with Crippen molar-refractivity contribution in [2.45, 2.75) is 59.2 Å². The molecule has 0 aromatic heterocycles. The number of carbonyl (C=O) groups excluding carboxylic acids is 1. The maximum absolute atomic E-state index is 11.9. The van der Waals surface area contributed by atoms with Crippen LogP contribution >= 0.6 is 0 Å². The first-order valence-electron chi connectivity index (χ1n) is 6.58. The van der Waals surface area contributed by atoms with Gasteiger partial charge in [0.05, 0.1) is 6.04 Å². The standard InChI is InChI=1S/C13H27N3O/c1-6-10-12(17)15-7-8-16(10)11(9(2)14)13(3,4)5/h9-11H,6-8,14H2,1-5H3,(H,15,17). The molecule has 3 N–H and O–H groups in total. The summed E-state index contributed by atoms with van der Waals surface area (Å²) < 4.78 is 0. The second kappa shape index (κ2) is 5.36. The van der Waals surface area contributed by atoms with Crippen LogP contribution in [-0.4, -0.2) is 42.0 Å². The lowest BCUT2D eigenvalue weighted by molar-refractivity contribution is -0.132. The van der Waals surface area contributed by atoms with Gasteiger partial charge in [-0.1, -0.05) is 27.7 Å². The lowest BCUT2D eigenvalue weighted by Crippen LogP contribution is -2.64. The Morgan fingerprint density at radius 1 is 1.53 bits per heavy atom. The van der Waals surface area contributed by atoms with E-state index in [1.807, 2.05) is 6.92 Å². The number of amides is 1. The number of nitrogens with zero attached hydrogens (tertiary/aromatic N) is 1. The first-order valence-corrected chi connectivity index (χ1v) is 6.58. The molecule has 1 aliphatic rings. The van der Waals surface area contributed by atoms with Gasteiger partial charge < -0.3 is 11.1 Å². The molecule has 0 aromatic carbocycles. The van der Waals surface area contributed by atoms with E-state index in [0.717, 1.165) is 19.5 Å². The third-order valence-corrected chi connectivity index (χ3v) is 3.50. The summed E-state index contributed by atoms with van der Waals surface area (Å²) in [5, 5.41) is 2.94. The first kappa shape index (κ1) is 14.5. The van der Waals surface area contributed by atoms with E-state index in [1.165, 1.54) is 0 Å². The Hall–Kier alpha value is -0.610. The van der Waals surface area contributed by atoms with Crippen LogP contribution in [0.25, 0.3) is 0 Å². The summed E-state index contributed by atoms with van der Waals surface area (Å²) in [6, 6.07) is 0.271. The predicted molar refractivity (Wildman–Crippen MR) is 70.7 cm³/mol. The number of carbonyl (C=O) groups is 1. The summed E-state index contributed by atoms with van der Waals surface area (Å²) in [6.45, 7) is 12.3. The summed E-state index contributed by atoms with van der Waals surface area (Å²) in [4.78, 5) is 14.2. The van der Waals surface area contributed by atoms with Crippen LogP contribution in [0.4, 0.5) is 0 Å². The molecule has 0 saturated carbocycles. The molecular weight excluding hydrogens is 214 g/mol. The van der Waals surface area contributed by atoms with Crippen LogP contribution in [0.1, 0.15) is 41.0 Å². The van der Waals surface area contributed by atoms with Gasteiger partial charge in [-0.3, -0.25) is 9.69 Å². The van der Waals surface area contributed by atoms with Gasteiger partial charge in [0.2, 0.25) is 5.91 Å². The Balaban J connectivity index is 2.96. The summed E-state index contributed by atoms with van der Waals surface area (Å²) in [6.07, 6.45) is 0.838. The van der Waals surface area contributed by atoms with Gasteiger partial charge in [-0.05, 0) is 18.8 Å². The molecule has 0 bridgehead atoms. The van der Waals surface area contributed by atoms with Crippen LogP contribution in [0.5, 0.6) is 0 Å². The zero-order valence-corrected chi connectivity index (χ0v) is 11.8. The molecule has 4 heteroatoms. The van der Waals surface area contributed by atoms with Gasteiger partial charge in [-0.2, -0.15) is 0 Å². The van der Waals surface area contributed by atoms with Gasteiger partial charge in [0.1, 0.15) is 0 Å². The molecule has 1 heterocycles. The number of piperazine rings is 1. The molecule has 3 unspecified atom stereocenters. The minimum absolute atomic E-state index is 0.0287. The van der Waals surface area contributed by atoms with E-state index in [1.54, 1.807) is 0 Å². The zero-order valence-electron chi connectivity index (χ0n) is 11.8. The van der Waals surface area contributed by atoms with E-state index in [9.17, 15) is 4.79 Å². The SMILES string of the molecule is CCC1C(=O)NCCN1C(C(C)N)C(C)(C)C. The third-order valence-electron chi connectivity index (χ3n) is 3.50. The van der Waals surface area contributed by atoms with E-state index >= 15 is 0 Å². The van der Waals surface area contributed by atoms with Gasteiger partial charge in [-0.25, -0.2) is 0 Å². The molecule has 1 amide bonds. The molecule has 100 valence electrons. The van der Waals surface area contributed by atoms with E-state index in [-0.39, 0.29) is 29.4 Å². The van der Waals surface area contributed by atoms with Crippen molar-refractivity contribution in [3.05, 3.63) is 0 Å². The molecule has 1 saturated heterocycles. The van der Waals surface area contributed by atoms with E-state index in [2.05, 4.69) is 37.9 Å². The van der Waals surface area contributed by atoms with Crippen molar-refractivity contribution >= 4 is 5.91 Å². The van der Waals surface area contributed by atoms with E-state index in [4.69, 9.17) is 5.73 Å². The van der Waals surface area contributed by atoms with E-state index in [0.29, 0.717) is 0 Å². The minimum Gasteiger partial charge on any atom is -0.353 e. The average molecular weight is 241 g/mol. The van der Waals surface area contributed by atoms with Crippen molar-refractivity contribution in [3.8, 4) is 0 Å². The Kier molecular flexibility index (Phi) is 4.55. The van der Waals surface area contributed by atoms with Crippen molar-refractivity contribution in [2.24, 2.45) is 11.1 Å². The normalized spacial score (nSPS) is 26.5. The second-order valence-corrected chi connectivity index (χ2v) is 6.12. The molecule has 17 heavy (non-hydrogen) atoms. The van der Waals surface area contributed by atoms with Crippen LogP contribution in [0.3, 0.4) is 0 Å². The summed E-state index contributed by atoms with van der Waals surface area (Å²) >= 11 is 0. The van der Waals surface area contributed by atoms with Crippen molar-refractivity contribution < 1.29 is 4.79 Å². The average Bonchev–Trinajstić information content (AvgIpc) is 2.15. The number of rotatable bonds is 3. The Morgan fingerprint density at radius 2 is 2.12 bits per heavy atom. The Labute approximate surface area is 105 Å². The molecular formula is C13H27N3O. The lowest BCUT2D eigenvalue weighted by atomic mass is 9.80. The smallest absolute Gasteiger partial charge is 0.237 e. The molecule has 1 aliphatic heterocycles. The molecule has 3 atom stereocenters. The fraction of sp³-hybridized carbons (Fsp3) is 0.923. The van der Waals surface area contributed by atoms with Gasteiger partial charge in [-0.15, -0.1) is 0 Å². The topological polar surface area (TPSA) is 58.4 Å². The van der Waals surface area contributed by atoms with Crippen molar-refractivity contribution in [1.29, 1.82) is 0 Å². The molecule has 0 radical (unpaired) electrons. The quantitative estimate of drug-likeness (QED) is 0.774. The van der Waals surface area contributed by atoms with Crippen LogP contribution < -0.4 is 11.1 Å². The zero-order chi connectivity index (χ0) is 13.2. The number of hydrogen-bond acceptors (Lipinski definition) is 3. The predicted octanol–water partition coefficient (Wildman–Crippen LogP) is 0.959. The van der Waals surface area contributed by atoms with Gasteiger partial charge >= 0.3 is 0 Å². The molecule has 4 nitrogen and oxygen atoms in total. The lowest BCUT2D eigenvalue weighted by Gasteiger charge is -2.47. The van der Waals surface area contributed by atoms with Crippen LogP contribution in [0, 0.1) is 5.41 Å². The largest absolute Gasteiger partial charge is 0.353 e. The van der Waals surface area contributed by atoms with E-state index < -0.39 is 0 Å². The van der Waals surface area contributed by atoms with Crippen LogP contribution in [-0.2, 0) is 4.79 Å². The summed E-state index contributed by atoms with van der Waals surface area (Å²) in [5.41, 5.74) is 6.23. The molecule has 1 fully saturated rings. The van der Waals surface area contributed by atoms with Crippen molar-refractivity contribution in [1.82, 2.24) is 10.2 Å². The molecule has 0 spiro atoms. The third kappa shape index (κ3) is 3.19. The number of nitrogens with two attached hydrogens (primary N) is 1. The fourth-order valence-corrected chi connectivity index (χ4v) is 3.07. The fourth-order valence-electron chi connectivity index (χ4n) is 3.07. The molecule has 1 rings (SSSR count). The monoisotopic (exact) mass is 241 g/mol. The van der Waals surface area contributed by atoms with Crippen molar-refractivity contribution in [2.75, 3.05) is 13.1 Å². The molecule has 0 aliphatic carbocycles. The highest BCUT2D eigenvalue weighted by Crippen LogP contribution is 2.29. The molecule has 0 aromatic rings. The van der Waals surface area contributed by atoms with Gasteiger partial charge in [0.25, 0.3) is 0 Å². The van der Waals surface area contributed by atoms with Crippen LogP contribution in [0.15, 0.2) is 0 Å². The number of hydrogen-bond donors (Lipinski definition) is 2. The highest BCUT2D eigenvalue weighted by atomic mass is 16.2. The Morgan fingerprint density at radius 3 is 2.53 bits per heavy atom. The van der Waals surface area contributed by atoms with Gasteiger partial charge in [0.15, 0.2) is 0 Å². The highest BCUT2D eigenvalue weighted by Gasteiger charge is 2.40. The maximum atomic E-state index is 11.9. The number of nitrogens with one attached hydrogen (secondary N) is 1. The summed E-state index contributed by atoms with van der Waals surface area (Å²) in [7, 11) is 0. The van der Waals surface area contributed by atoms with Crippen LogP contribution in [0.2, 0.25) is 0 Å². The highest BCUT2D eigenvalue weighted by molar-refractivity contribution is 5.82. The Bertz CT molecular complexity index is 270. The maximum Gasteiger partial charge on any atom is 0.237 e. The second-order valence-electron chi connectivity index (χ2n) is 6.12. The first-order chi connectivity index (χ1) is 7.79. The minimum atomic E-state index is -0.0287. The summed E-state index contributed by atoms with van der Waals surface area (Å²) in [5.74, 6) is 0.147. The van der Waals surface area contributed by atoms with Crippen molar-refractivity contribution in [3.63, 3.8) is 0 Å². The van der Waals surface area contributed by atoms with Gasteiger partial charge in [0, 0.05) is 25.2 Å².